The Labute approximate surface area is 187 Å². The summed E-state index contributed by atoms with van der Waals surface area (Å²) in [5, 5.41) is 3.00. The maximum Gasteiger partial charge on any atom is 0.240 e. The first-order valence-corrected chi connectivity index (χ1v) is 10.9. The van der Waals surface area contributed by atoms with E-state index in [-0.39, 0.29) is 30.7 Å². The van der Waals surface area contributed by atoms with Gasteiger partial charge in [0.05, 0.1) is 25.7 Å². The van der Waals surface area contributed by atoms with E-state index < -0.39 is 11.5 Å². The van der Waals surface area contributed by atoms with Gasteiger partial charge in [-0.25, -0.2) is 0 Å². The molecule has 0 aromatic heterocycles. The summed E-state index contributed by atoms with van der Waals surface area (Å²) < 4.78 is 10.5. The van der Waals surface area contributed by atoms with Gasteiger partial charge in [-0.3, -0.25) is 19.3 Å². The van der Waals surface area contributed by atoms with Crippen molar-refractivity contribution >= 4 is 17.7 Å². The second-order valence-electron chi connectivity index (χ2n) is 8.50. The van der Waals surface area contributed by atoms with Crippen molar-refractivity contribution in [2.75, 3.05) is 20.8 Å². The van der Waals surface area contributed by atoms with Crippen LogP contribution in [0.15, 0.2) is 48.5 Å². The first-order valence-electron chi connectivity index (χ1n) is 10.9. The molecular formula is C25H28N2O5. The van der Waals surface area contributed by atoms with Crippen LogP contribution < -0.4 is 14.8 Å². The van der Waals surface area contributed by atoms with Gasteiger partial charge in [-0.1, -0.05) is 37.1 Å². The van der Waals surface area contributed by atoms with E-state index in [4.69, 9.17) is 9.47 Å². The number of imide groups is 1. The molecule has 3 amide bonds. The summed E-state index contributed by atoms with van der Waals surface area (Å²) in [4.78, 5) is 39.6. The lowest BCUT2D eigenvalue weighted by Crippen LogP contribution is -2.43. The fourth-order valence-corrected chi connectivity index (χ4v) is 4.76. The highest BCUT2D eigenvalue weighted by atomic mass is 16.5. The molecule has 1 saturated heterocycles. The fraction of sp³-hybridized carbons (Fsp3) is 0.400. The quantitative estimate of drug-likeness (QED) is 0.674. The van der Waals surface area contributed by atoms with Crippen molar-refractivity contribution in [2.45, 2.75) is 38.1 Å². The van der Waals surface area contributed by atoms with Gasteiger partial charge in [0.15, 0.2) is 0 Å². The largest absolute Gasteiger partial charge is 0.497 e. The van der Waals surface area contributed by atoms with E-state index in [1.807, 2.05) is 48.5 Å². The number of amides is 3. The van der Waals surface area contributed by atoms with E-state index in [9.17, 15) is 14.4 Å². The normalized spacial score (nSPS) is 17.3. The second kappa shape index (κ2) is 9.02. The zero-order chi connectivity index (χ0) is 22.7. The molecule has 0 atom stereocenters. The number of ether oxygens (including phenoxy) is 2. The van der Waals surface area contributed by atoms with Crippen LogP contribution in [0.4, 0.5) is 0 Å². The number of hydrogen-bond acceptors (Lipinski definition) is 5. The Morgan fingerprint density at radius 2 is 1.44 bits per heavy atom. The minimum Gasteiger partial charge on any atom is -0.497 e. The molecule has 1 spiro atoms. The number of likely N-dealkylation sites (tertiary alicyclic amines) is 1. The minimum atomic E-state index is -0.581. The number of hydrogen-bond donors (Lipinski definition) is 1. The number of carbonyl (C=O) groups is 3. The highest BCUT2D eigenvalue weighted by Crippen LogP contribution is 2.46. The lowest BCUT2D eigenvalue weighted by atomic mass is 9.84. The predicted octanol–water partition coefficient (Wildman–Crippen LogP) is 3.23. The van der Waals surface area contributed by atoms with Crippen LogP contribution in [0.2, 0.25) is 0 Å². The molecule has 1 heterocycles. The van der Waals surface area contributed by atoms with Crippen molar-refractivity contribution in [1.29, 1.82) is 0 Å². The molecule has 168 valence electrons. The third-order valence-corrected chi connectivity index (χ3v) is 6.56. The highest BCUT2D eigenvalue weighted by Gasteiger charge is 2.52. The Morgan fingerprint density at radius 3 is 1.91 bits per heavy atom. The average Bonchev–Trinajstić information content (AvgIpc) is 3.38. The molecule has 0 bridgehead atoms. The average molecular weight is 437 g/mol. The Bertz CT molecular complexity index is 946. The minimum absolute atomic E-state index is 0.194. The van der Waals surface area contributed by atoms with Crippen LogP contribution >= 0.6 is 0 Å². The van der Waals surface area contributed by atoms with Crippen LogP contribution in [0.25, 0.3) is 0 Å². The number of carbonyl (C=O) groups excluding carboxylic acids is 3. The van der Waals surface area contributed by atoms with Crippen molar-refractivity contribution in [3.63, 3.8) is 0 Å². The fourth-order valence-electron chi connectivity index (χ4n) is 4.76. The lowest BCUT2D eigenvalue weighted by Gasteiger charge is -2.23. The third-order valence-electron chi connectivity index (χ3n) is 6.56. The SMILES string of the molecule is COc1ccc(C(NC(=O)CN2C(=O)CC3(CCCC3)C2=O)c2ccc(OC)cc2)cc1. The molecule has 2 aromatic carbocycles. The molecule has 7 nitrogen and oxygen atoms in total. The van der Waals surface area contributed by atoms with Gasteiger partial charge in [-0.2, -0.15) is 0 Å². The topological polar surface area (TPSA) is 84.9 Å². The molecular weight excluding hydrogens is 408 g/mol. The Balaban J connectivity index is 1.54. The van der Waals surface area contributed by atoms with Crippen molar-refractivity contribution < 1.29 is 23.9 Å². The molecule has 2 aromatic rings. The number of rotatable bonds is 7. The monoisotopic (exact) mass is 436 g/mol. The number of nitrogens with zero attached hydrogens (tertiary/aromatic N) is 1. The van der Waals surface area contributed by atoms with Crippen LogP contribution in [-0.4, -0.2) is 43.4 Å². The van der Waals surface area contributed by atoms with Gasteiger partial charge in [0.2, 0.25) is 17.7 Å². The zero-order valence-electron chi connectivity index (χ0n) is 18.4. The lowest BCUT2D eigenvalue weighted by molar-refractivity contribution is -0.144. The number of methoxy groups -OCH3 is 2. The molecule has 1 saturated carbocycles. The smallest absolute Gasteiger partial charge is 0.240 e. The van der Waals surface area contributed by atoms with Crippen LogP contribution in [0.5, 0.6) is 11.5 Å². The Hall–Kier alpha value is -3.35. The summed E-state index contributed by atoms with van der Waals surface area (Å²) in [6.45, 7) is -0.262. The van der Waals surface area contributed by atoms with E-state index in [0.717, 1.165) is 41.7 Å². The molecule has 2 aliphatic rings. The molecule has 0 radical (unpaired) electrons. The highest BCUT2D eigenvalue weighted by molar-refractivity contribution is 6.08. The molecule has 2 fully saturated rings. The molecule has 1 N–H and O–H groups in total. The number of benzene rings is 2. The second-order valence-corrected chi connectivity index (χ2v) is 8.50. The van der Waals surface area contributed by atoms with Crippen LogP contribution in [0.3, 0.4) is 0 Å². The standard InChI is InChI=1S/C25H28N2O5/c1-31-19-9-5-17(6-10-19)23(18-7-11-20(32-2)12-8-18)26-21(28)16-27-22(29)15-25(24(27)30)13-3-4-14-25/h5-12,23H,3-4,13-16H2,1-2H3,(H,26,28). The van der Waals surface area contributed by atoms with Gasteiger partial charge < -0.3 is 14.8 Å². The predicted molar refractivity (Wildman–Crippen MR) is 118 cm³/mol. The summed E-state index contributed by atoms with van der Waals surface area (Å²) in [6.07, 6.45) is 3.59. The first kappa shape index (κ1) is 21.9. The van der Waals surface area contributed by atoms with Gasteiger partial charge in [0.25, 0.3) is 0 Å². The van der Waals surface area contributed by atoms with Crippen LogP contribution in [-0.2, 0) is 14.4 Å². The zero-order valence-corrected chi connectivity index (χ0v) is 18.4. The summed E-state index contributed by atoms with van der Waals surface area (Å²) in [6, 6.07) is 14.4. The Kier molecular flexibility index (Phi) is 6.17. The first-order chi connectivity index (χ1) is 15.5. The number of nitrogens with one attached hydrogen (secondary N) is 1. The van der Waals surface area contributed by atoms with Gasteiger partial charge in [0, 0.05) is 6.42 Å². The van der Waals surface area contributed by atoms with Gasteiger partial charge in [-0.15, -0.1) is 0 Å². The summed E-state index contributed by atoms with van der Waals surface area (Å²) in [7, 11) is 3.19. The molecule has 1 aliphatic heterocycles. The van der Waals surface area contributed by atoms with Gasteiger partial charge in [0.1, 0.15) is 18.0 Å². The van der Waals surface area contributed by atoms with E-state index >= 15 is 0 Å². The maximum atomic E-state index is 13.0. The van der Waals surface area contributed by atoms with Crippen molar-refractivity contribution in [2.24, 2.45) is 5.41 Å². The van der Waals surface area contributed by atoms with Crippen LogP contribution in [0.1, 0.15) is 49.3 Å². The summed E-state index contributed by atoms with van der Waals surface area (Å²) >= 11 is 0. The maximum absolute atomic E-state index is 13.0. The van der Waals surface area contributed by atoms with E-state index in [1.165, 1.54) is 0 Å². The molecule has 1 aliphatic carbocycles. The Morgan fingerprint density at radius 1 is 0.938 bits per heavy atom. The van der Waals surface area contributed by atoms with E-state index in [1.54, 1.807) is 14.2 Å². The summed E-state index contributed by atoms with van der Waals surface area (Å²) in [5.74, 6) is 0.601. The van der Waals surface area contributed by atoms with Gasteiger partial charge >= 0.3 is 0 Å². The summed E-state index contributed by atoms with van der Waals surface area (Å²) in [5.41, 5.74) is 1.13. The molecule has 32 heavy (non-hydrogen) atoms. The van der Waals surface area contributed by atoms with E-state index in [0.29, 0.717) is 11.5 Å². The molecule has 4 rings (SSSR count). The van der Waals surface area contributed by atoms with Crippen molar-refractivity contribution in [3.05, 3.63) is 59.7 Å². The van der Waals surface area contributed by atoms with Crippen LogP contribution in [0, 0.1) is 5.41 Å². The molecule has 0 unspecified atom stereocenters. The third kappa shape index (κ3) is 4.20. The van der Waals surface area contributed by atoms with E-state index in [2.05, 4.69) is 5.32 Å². The van der Waals surface area contributed by atoms with Crippen molar-refractivity contribution in [1.82, 2.24) is 10.2 Å². The van der Waals surface area contributed by atoms with Gasteiger partial charge in [-0.05, 0) is 48.2 Å². The van der Waals surface area contributed by atoms with Crippen molar-refractivity contribution in [3.8, 4) is 11.5 Å². The molecule has 7 heteroatoms.